The molecule has 6 nitrogen and oxygen atoms in total. The van der Waals surface area contributed by atoms with Gasteiger partial charge in [0.1, 0.15) is 10.6 Å². The van der Waals surface area contributed by atoms with Gasteiger partial charge in [-0.15, -0.1) is 0 Å². The average Bonchev–Trinajstić information content (AvgIpc) is 2.46. The highest BCUT2D eigenvalue weighted by Gasteiger charge is 2.31. The zero-order valence-electron chi connectivity index (χ0n) is 12.2. The van der Waals surface area contributed by atoms with Crippen molar-refractivity contribution >= 4 is 21.6 Å². The molecule has 21 heavy (non-hydrogen) atoms. The van der Waals surface area contributed by atoms with Crippen LogP contribution in [0.3, 0.4) is 0 Å². The van der Waals surface area contributed by atoms with Crippen LogP contribution in [0.15, 0.2) is 17.0 Å². The van der Waals surface area contributed by atoms with Crippen molar-refractivity contribution in [3.8, 4) is 5.75 Å². The number of likely N-dealkylation sites (N-methyl/N-ethyl adjacent to an activating group) is 1. The van der Waals surface area contributed by atoms with E-state index in [4.69, 9.17) is 22.1 Å². The van der Waals surface area contributed by atoms with Gasteiger partial charge < -0.3 is 15.4 Å². The Morgan fingerprint density at radius 1 is 1.29 bits per heavy atom. The molecule has 1 aliphatic rings. The standard InChI is InChI=1S/C13H20ClN3O3S/c1-16-3-5-17(6-4-16)21(18,19)12-8-11(14)7-10(9-15)13(12)20-2/h7-8H,3-6,9,15H2,1-2H3. The summed E-state index contributed by atoms with van der Waals surface area (Å²) in [6.45, 7) is 2.46. The molecular formula is C13H20ClN3O3S. The van der Waals surface area contributed by atoms with E-state index in [1.807, 2.05) is 7.05 Å². The van der Waals surface area contributed by atoms with Crippen molar-refractivity contribution in [3.63, 3.8) is 0 Å². The second-order valence-corrected chi connectivity index (χ2v) is 7.35. The fourth-order valence-electron chi connectivity index (χ4n) is 2.37. The van der Waals surface area contributed by atoms with E-state index >= 15 is 0 Å². The molecule has 0 aliphatic carbocycles. The molecule has 1 heterocycles. The molecule has 1 saturated heterocycles. The van der Waals surface area contributed by atoms with Crippen LogP contribution < -0.4 is 10.5 Å². The first-order valence-electron chi connectivity index (χ1n) is 6.65. The number of piperazine rings is 1. The average molecular weight is 334 g/mol. The topological polar surface area (TPSA) is 75.9 Å². The Hall–Kier alpha value is -0.860. The Balaban J connectivity index is 2.46. The Bertz CT molecular complexity index is 613. The number of rotatable bonds is 4. The summed E-state index contributed by atoms with van der Waals surface area (Å²) in [7, 11) is -0.237. The quantitative estimate of drug-likeness (QED) is 0.879. The van der Waals surface area contributed by atoms with E-state index in [1.54, 1.807) is 6.07 Å². The first-order chi connectivity index (χ1) is 9.90. The number of hydrogen-bond acceptors (Lipinski definition) is 5. The van der Waals surface area contributed by atoms with Crippen molar-refractivity contribution in [2.75, 3.05) is 40.3 Å². The normalized spacial score (nSPS) is 17.9. The summed E-state index contributed by atoms with van der Waals surface area (Å²) in [4.78, 5) is 2.18. The molecule has 2 rings (SSSR count). The van der Waals surface area contributed by atoms with Crippen LogP contribution in [-0.2, 0) is 16.6 Å². The molecule has 0 unspecified atom stereocenters. The number of nitrogens with two attached hydrogens (primary N) is 1. The first kappa shape index (κ1) is 16.5. The number of hydrogen-bond donors (Lipinski definition) is 1. The fourth-order valence-corrected chi connectivity index (χ4v) is 4.32. The number of ether oxygens (including phenoxy) is 1. The van der Waals surface area contributed by atoms with Crippen molar-refractivity contribution in [2.45, 2.75) is 11.4 Å². The van der Waals surface area contributed by atoms with Gasteiger partial charge in [0.25, 0.3) is 0 Å². The summed E-state index contributed by atoms with van der Waals surface area (Å²) in [5, 5.41) is 0.337. The summed E-state index contributed by atoms with van der Waals surface area (Å²) in [5.41, 5.74) is 6.23. The third kappa shape index (κ3) is 3.32. The van der Waals surface area contributed by atoms with Gasteiger partial charge in [-0.25, -0.2) is 8.42 Å². The van der Waals surface area contributed by atoms with Crippen LogP contribution in [0.1, 0.15) is 5.56 Å². The van der Waals surface area contributed by atoms with Crippen molar-refractivity contribution in [3.05, 3.63) is 22.7 Å². The first-order valence-corrected chi connectivity index (χ1v) is 8.47. The highest BCUT2D eigenvalue weighted by atomic mass is 35.5. The molecule has 1 aliphatic heterocycles. The van der Waals surface area contributed by atoms with Gasteiger partial charge in [0.15, 0.2) is 0 Å². The SMILES string of the molecule is COc1c(CN)cc(Cl)cc1S(=O)(=O)N1CCN(C)CC1. The van der Waals surface area contributed by atoms with Gasteiger partial charge in [-0.2, -0.15) is 4.31 Å². The van der Waals surface area contributed by atoms with E-state index in [-0.39, 0.29) is 17.2 Å². The lowest BCUT2D eigenvalue weighted by Gasteiger charge is -2.32. The molecule has 2 N–H and O–H groups in total. The molecule has 8 heteroatoms. The third-order valence-corrected chi connectivity index (χ3v) is 5.72. The summed E-state index contributed by atoms with van der Waals surface area (Å²) in [6, 6.07) is 3.05. The number of halogens is 1. The molecule has 0 aromatic heterocycles. The van der Waals surface area contributed by atoms with E-state index in [2.05, 4.69) is 4.90 Å². The highest BCUT2D eigenvalue weighted by molar-refractivity contribution is 7.89. The minimum atomic E-state index is -3.64. The van der Waals surface area contributed by atoms with Gasteiger partial charge in [-0.1, -0.05) is 11.6 Å². The molecule has 0 atom stereocenters. The molecule has 0 bridgehead atoms. The molecule has 0 radical (unpaired) electrons. The van der Waals surface area contributed by atoms with Gasteiger partial charge in [-0.3, -0.25) is 0 Å². The van der Waals surface area contributed by atoms with Crippen molar-refractivity contribution < 1.29 is 13.2 Å². The molecule has 1 fully saturated rings. The van der Waals surface area contributed by atoms with Crippen LogP contribution in [0.5, 0.6) is 5.75 Å². The second-order valence-electron chi connectivity index (χ2n) is 5.01. The molecular weight excluding hydrogens is 314 g/mol. The van der Waals surface area contributed by atoms with Crippen LogP contribution in [0.4, 0.5) is 0 Å². The van der Waals surface area contributed by atoms with Crippen LogP contribution in [0.25, 0.3) is 0 Å². The number of nitrogens with zero attached hydrogens (tertiary/aromatic N) is 2. The largest absolute Gasteiger partial charge is 0.495 e. The zero-order chi connectivity index (χ0) is 15.6. The number of methoxy groups -OCH3 is 1. The lowest BCUT2D eigenvalue weighted by Crippen LogP contribution is -2.47. The Morgan fingerprint density at radius 2 is 1.90 bits per heavy atom. The molecule has 0 amide bonds. The summed E-state index contributed by atoms with van der Waals surface area (Å²) in [6.07, 6.45) is 0. The summed E-state index contributed by atoms with van der Waals surface area (Å²) in [5.74, 6) is 0.279. The van der Waals surface area contributed by atoms with Gasteiger partial charge >= 0.3 is 0 Å². The molecule has 118 valence electrons. The van der Waals surface area contributed by atoms with Crippen molar-refractivity contribution in [2.24, 2.45) is 5.73 Å². The second kappa shape index (κ2) is 6.50. The molecule has 0 saturated carbocycles. The van der Waals surface area contributed by atoms with E-state index in [0.29, 0.717) is 36.8 Å². The van der Waals surface area contributed by atoms with Gasteiger partial charge in [-0.05, 0) is 19.2 Å². The maximum absolute atomic E-state index is 12.8. The minimum Gasteiger partial charge on any atom is -0.495 e. The zero-order valence-corrected chi connectivity index (χ0v) is 13.7. The van der Waals surface area contributed by atoms with E-state index in [0.717, 1.165) is 0 Å². The third-order valence-electron chi connectivity index (χ3n) is 3.60. The maximum Gasteiger partial charge on any atom is 0.246 e. The smallest absolute Gasteiger partial charge is 0.246 e. The number of benzene rings is 1. The van der Waals surface area contributed by atoms with Gasteiger partial charge in [0.2, 0.25) is 10.0 Å². The Kier molecular flexibility index (Phi) is 5.11. The molecule has 1 aromatic rings. The lowest BCUT2D eigenvalue weighted by molar-refractivity contribution is 0.222. The van der Waals surface area contributed by atoms with Crippen molar-refractivity contribution in [1.29, 1.82) is 0 Å². The van der Waals surface area contributed by atoms with Gasteiger partial charge in [0, 0.05) is 43.3 Å². The molecule has 0 spiro atoms. The maximum atomic E-state index is 12.8. The predicted molar refractivity (Wildman–Crippen MR) is 82.2 cm³/mol. The summed E-state index contributed by atoms with van der Waals surface area (Å²) >= 11 is 6.02. The van der Waals surface area contributed by atoms with E-state index < -0.39 is 10.0 Å². The predicted octanol–water partition coefficient (Wildman–Crippen LogP) is 0.743. The van der Waals surface area contributed by atoms with Crippen molar-refractivity contribution in [1.82, 2.24) is 9.21 Å². The van der Waals surface area contributed by atoms with E-state index in [9.17, 15) is 8.42 Å². The summed E-state index contributed by atoms with van der Waals surface area (Å²) < 4.78 is 32.4. The Labute approximate surface area is 130 Å². The monoisotopic (exact) mass is 333 g/mol. The number of sulfonamides is 1. The van der Waals surface area contributed by atoms with E-state index in [1.165, 1.54) is 17.5 Å². The minimum absolute atomic E-state index is 0.0857. The van der Waals surface area contributed by atoms with Crippen LogP contribution >= 0.6 is 11.6 Å². The molecule has 1 aromatic carbocycles. The van der Waals surface area contributed by atoms with Gasteiger partial charge in [0.05, 0.1) is 7.11 Å². The van der Waals surface area contributed by atoms with Crippen LogP contribution in [0.2, 0.25) is 5.02 Å². The van der Waals surface area contributed by atoms with Crippen LogP contribution in [0, 0.1) is 0 Å². The van der Waals surface area contributed by atoms with Crippen LogP contribution in [-0.4, -0.2) is 58.0 Å². The Morgan fingerprint density at radius 3 is 2.43 bits per heavy atom. The fraction of sp³-hybridized carbons (Fsp3) is 0.538. The lowest BCUT2D eigenvalue weighted by atomic mass is 10.2. The highest BCUT2D eigenvalue weighted by Crippen LogP contribution is 2.33.